The average Bonchev–Trinajstić information content (AvgIpc) is 2.04. The van der Waals surface area contributed by atoms with E-state index in [1.807, 2.05) is 6.07 Å². The quantitative estimate of drug-likeness (QED) is 0.734. The van der Waals surface area contributed by atoms with Gasteiger partial charge in [0.05, 0.1) is 12.5 Å². The Balaban J connectivity index is 2.80. The minimum atomic E-state index is -0.867. The lowest BCUT2D eigenvalue weighted by molar-refractivity contribution is 0.211. The summed E-state index contributed by atoms with van der Waals surface area (Å²) in [6.07, 6.45) is 0.475. The van der Waals surface area contributed by atoms with Crippen molar-refractivity contribution in [2.75, 3.05) is 0 Å². The van der Waals surface area contributed by atoms with Crippen molar-refractivity contribution >= 4 is 6.09 Å². The van der Waals surface area contributed by atoms with Gasteiger partial charge in [0.25, 0.3) is 0 Å². The second-order valence-corrected chi connectivity index (χ2v) is 2.27. The monoisotopic (exact) mass is 175 g/mol. The maximum atomic E-state index is 10.4. The van der Waals surface area contributed by atoms with E-state index in [9.17, 15) is 4.79 Å². The highest BCUT2D eigenvalue weighted by Gasteiger charge is 1.99. The van der Waals surface area contributed by atoms with Crippen LogP contribution in [0.1, 0.15) is 5.56 Å². The predicted octanol–water partition coefficient (Wildman–Crippen LogP) is 1.22. The van der Waals surface area contributed by atoms with Crippen LogP contribution in [-0.4, -0.2) is 6.09 Å². The van der Waals surface area contributed by atoms with Gasteiger partial charge < -0.3 is 10.5 Å². The van der Waals surface area contributed by atoms with Crippen LogP contribution in [0.3, 0.4) is 0 Å². The molecule has 0 saturated carbocycles. The van der Waals surface area contributed by atoms with Crippen molar-refractivity contribution in [3.05, 3.63) is 36.2 Å². The molecule has 1 aromatic rings. The normalized spacial score (nSPS) is 8.85. The van der Waals surface area contributed by atoms with E-state index in [1.54, 1.807) is 24.3 Å². The van der Waals surface area contributed by atoms with Gasteiger partial charge in [-0.25, -0.2) is 4.79 Å². The molecule has 0 aliphatic rings. The SMILES string of the molecule is N#C[CH]c1cccc(OC(N)=O)c1. The average molecular weight is 175 g/mol. The zero-order valence-corrected chi connectivity index (χ0v) is 6.73. The molecule has 0 aliphatic heterocycles. The van der Waals surface area contributed by atoms with E-state index in [2.05, 4.69) is 4.74 Å². The summed E-state index contributed by atoms with van der Waals surface area (Å²) in [6.45, 7) is 0. The Morgan fingerprint density at radius 1 is 1.62 bits per heavy atom. The Labute approximate surface area is 75.5 Å². The van der Waals surface area contributed by atoms with Crippen LogP contribution in [0.15, 0.2) is 24.3 Å². The predicted molar refractivity (Wildman–Crippen MR) is 45.7 cm³/mol. The molecule has 0 saturated heterocycles. The van der Waals surface area contributed by atoms with Crippen molar-refractivity contribution in [1.82, 2.24) is 0 Å². The van der Waals surface area contributed by atoms with Crippen LogP contribution in [0.2, 0.25) is 0 Å². The van der Waals surface area contributed by atoms with E-state index in [0.717, 1.165) is 0 Å². The van der Waals surface area contributed by atoms with E-state index in [4.69, 9.17) is 11.0 Å². The molecule has 0 unspecified atom stereocenters. The molecule has 4 nitrogen and oxygen atoms in total. The number of nitriles is 1. The Morgan fingerprint density at radius 2 is 2.38 bits per heavy atom. The van der Waals surface area contributed by atoms with E-state index in [1.165, 1.54) is 6.42 Å². The smallest absolute Gasteiger partial charge is 0.409 e. The molecular weight excluding hydrogens is 168 g/mol. The van der Waals surface area contributed by atoms with Crippen LogP contribution in [0.4, 0.5) is 4.79 Å². The highest BCUT2D eigenvalue weighted by Crippen LogP contribution is 2.13. The van der Waals surface area contributed by atoms with Crippen LogP contribution in [0, 0.1) is 17.8 Å². The summed E-state index contributed by atoms with van der Waals surface area (Å²) in [7, 11) is 0. The third-order valence-electron chi connectivity index (χ3n) is 1.31. The van der Waals surface area contributed by atoms with Gasteiger partial charge in [-0.1, -0.05) is 12.1 Å². The summed E-state index contributed by atoms with van der Waals surface area (Å²) in [5, 5.41) is 8.35. The van der Waals surface area contributed by atoms with Crippen molar-refractivity contribution in [3.63, 3.8) is 0 Å². The third kappa shape index (κ3) is 2.83. The first-order valence-corrected chi connectivity index (χ1v) is 3.52. The summed E-state index contributed by atoms with van der Waals surface area (Å²) in [4.78, 5) is 10.4. The topological polar surface area (TPSA) is 76.1 Å². The summed E-state index contributed by atoms with van der Waals surface area (Å²) in [6, 6.07) is 8.39. The largest absolute Gasteiger partial charge is 0.410 e. The van der Waals surface area contributed by atoms with Crippen molar-refractivity contribution in [3.8, 4) is 11.8 Å². The summed E-state index contributed by atoms with van der Waals surface area (Å²) >= 11 is 0. The van der Waals surface area contributed by atoms with Crippen LogP contribution in [0.5, 0.6) is 5.75 Å². The molecule has 1 amide bonds. The highest BCUT2D eigenvalue weighted by atomic mass is 16.5. The minimum absolute atomic E-state index is 0.330. The van der Waals surface area contributed by atoms with Crippen molar-refractivity contribution in [1.29, 1.82) is 5.26 Å². The van der Waals surface area contributed by atoms with E-state index in [0.29, 0.717) is 11.3 Å². The number of ether oxygens (including phenoxy) is 1. The fourth-order valence-corrected chi connectivity index (χ4v) is 0.859. The second kappa shape index (κ2) is 4.12. The molecule has 2 N–H and O–H groups in total. The van der Waals surface area contributed by atoms with Gasteiger partial charge in [0.1, 0.15) is 5.75 Å². The molecule has 13 heavy (non-hydrogen) atoms. The lowest BCUT2D eigenvalue weighted by atomic mass is 10.2. The van der Waals surface area contributed by atoms with Crippen LogP contribution in [-0.2, 0) is 0 Å². The Morgan fingerprint density at radius 3 is 3.00 bits per heavy atom. The zero-order chi connectivity index (χ0) is 9.68. The Kier molecular flexibility index (Phi) is 2.87. The van der Waals surface area contributed by atoms with Gasteiger partial charge in [0.15, 0.2) is 0 Å². The second-order valence-electron chi connectivity index (χ2n) is 2.27. The molecule has 0 fully saturated rings. The van der Waals surface area contributed by atoms with Crippen molar-refractivity contribution in [2.45, 2.75) is 0 Å². The van der Waals surface area contributed by atoms with E-state index < -0.39 is 6.09 Å². The molecule has 0 aliphatic carbocycles. The number of hydrogen-bond donors (Lipinski definition) is 1. The molecule has 1 rings (SSSR count). The number of nitrogens with two attached hydrogens (primary N) is 1. The minimum Gasteiger partial charge on any atom is -0.410 e. The number of nitrogens with zero attached hydrogens (tertiary/aromatic N) is 1. The third-order valence-corrected chi connectivity index (χ3v) is 1.31. The molecule has 0 spiro atoms. The van der Waals surface area contributed by atoms with Crippen LogP contribution in [0.25, 0.3) is 0 Å². The number of carbonyl (C=O) groups excluding carboxylic acids is 1. The molecule has 0 bridgehead atoms. The van der Waals surface area contributed by atoms with Gasteiger partial charge in [0.2, 0.25) is 0 Å². The van der Waals surface area contributed by atoms with Gasteiger partial charge in [-0.15, -0.1) is 0 Å². The first kappa shape index (κ1) is 9.07. The molecule has 0 heterocycles. The maximum Gasteiger partial charge on any atom is 0.409 e. The maximum absolute atomic E-state index is 10.4. The van der Waals surface area contributed by atoms with Crippen LogP contribution < -0.4 is 10.5 Å². The molecule has 0 atom stereocenters. The molecule has 65 valence electrons. The van der Waals surface area contributed by atoms with Gasteiger partial charge in [-0.05, 0) is 17.7 Å². The fraction of sp³-hybridized carbons (Fsp3) is 0. The number of primary amides is 1. The Hall–Kier alpha value is -2.02. The first-order chi connectivity index (χ1) is 6.22. The molecule has 4 heteroatoms. The van der Waals surface area contributed by atoms with Gasteiger partial charge in [0, 0.05) is 0 Å². The van der Waals surface area contributed by atoms with Gasteiger partial charge >= 0.3 is 6.09 Å². The van der Waals surface area contributed by atoms with E-state index >= 15 is 0 Å². The lowest BCUT2D eigenvalue weighted by Gasteiger charge is -2.00. The fourth-order valence-electron chi connectivity index (χ4n) is 0.859. The summed E-state index contributed by atoms with van der Waals surface area (Å²) in [5.74, 6) is 0.330. The first-order valence-electron chi connectivity index (χ1n) is 3.52. The number of benzene rings is 1. The number of amides is 1. The molecular formula is C9H7N2O2. The van der Waals surface area contributed by atoms with Crippen LogP contribution >= 0.6 is 0 Å². The summed E-state index contributed by atoms with van der Waals surface area (Å²) < 4.78 is 4.61. The standard InChI is InChI=1S/C9H7N2O2/c10-5-4-7-2-1-3-8(6-7)13-9(11)12/h1-4,6H,(H2,11,12). The number of rotatable bonds is 2. The molecule has 0 aromatic heterocycles. The number of carbonyl (C=O) groups is 1. The van der Waals surface area contributed by atoms with Crippen molar-refractivity contribution < 1.29 is 9.53 Å². The number of hydrogen-bond acceptors (Lipinski definition) is 3. The van der Waals surface area contributed by atoms with E-state index in [-0.39, 0.29) is 0 Å². The zero-order valence-electron chi connectivity index (χ0n) is 6.73. The lowest BCUT2D eigenvalue weighted by Crippen LogP contribution is -2.16. The Bertz CT molecular complexity index is 355. The molecule has 1 aromatic carbocycles. The van der Waals surface area contributed by atoms with Gasteiger partial charge in [-0.3, -0.25) is 0 Å². The summed E-state index contributed by atoms with van der Waals surface area (Å²) in [5.41, 5.74) is 5.48. The highest BCUT2D eigenvalue weighted by molar-refractivity contribution is 5.68. The molecule has 1 radical (unpaired) electrons. The van der Waals surface area contributed by atoms with Crippen molar-refractivity contribution in [2.24, 2.45) is 5.73 Å². The van der Waals surface area contributed by atoms with Gasteiger partial charge in [-0.2, -0.15) is 5.26 Å².